The molecule has 3 aromatic carbocycles. The quantitative estimate of drug-likeness (QED) is 0.184. The zero-order valence-corrected chi connectivity index (χ0v) is 20.4. The number of halogens is 6. The number of ether oxygens (including phenoxy) is 1. The van der Waals surface area contributed by atoms with Crippen molar-refractivity contribution in [2.45, 2.75) is 38.1 Å². The summed E-state index contributed by atoms with van der Waals surface area (Å²) in [7, 11) is 0. The number of benzene rings is 3. The number of carbonyl (C=O) groups excluding carboxylic acids is 1. The SMILES string of the molecule is Nc1c(Cl)cc(Cl)c(F)c1C(=O)N(CCc1cccc(OC(F)(F)F)c1)Cc1ccc(C2CC2)cc1. The minimum Gasteiger partial charge on any atom is -0.406 e. The molecule has 0 atom stereocenters. The fraction of sp³-hybridized carbons (Fsp3) is 0.269. The summed E-state index contributed by atoms with van der Waals surface area (Å²) in [5.74, 6) is -1.53. The van der Waals surface area contributed by atoms with Crippen LogP contribution >= 0.6 is 23.2 Å². The van der Waals surface area contributed by atoms with Crippen LogP contribution in [-0.4, -0.2) is 23.7 Å². The van der Waals surface area contributed by atoms with E-state index in [4.69, 9.17) is 28.9 Å². The molecule has 1 fully saturated rings. The Morgan fingerprint density at radius 3 is 2.36 bits per heavy atom. The highest BCUT2D eigenvalue weighted by Crippen LogP contribution is 2.40. The van der Waals surface area contributed by atoms with Crippen molar-refractivity contribution in [2.75, 3.05) is 12.3 Å². The predicted molar refractivity (Wildman–Crippen MR) is 131 cm³/mol. The highest BCUT2D eigenvalue weighted by atomic mass is 35.5. The summed E-state index contributed by atoms with van der Waals surface area (Å²) in [5.41, 5.74) is 7.76. The van der Waals surface area contributed by atoms with E-state index in [1.54, 1.807) is 6.07 Å². The number of alkyl halides is 3. The van der Waals surface area contributed by atoms with Gasteiger partial charge in [0, 0.05) is 13.1 Å². The Morgan fingerprint density at radius 1 is 1.03 bits per heavy atom. The first-order valence-corrected chi connectivity index (χ1v) is 11.9. The Balaban J connectivity index is 1.60. The van der Waals surface area contributed by atoms with E-state index in [2.05, 4.69) is 4.74 Å². The Morgan fingerprint density at radius 2 is 1.72 bits per heavy atom. The lowest BCUT2D eigenvalue weighted by atomic mass is 10.1. The van der Waals surface area contributed by atoms with Crippen LogP contribution in [0, 0.1) is 5.82 Å². The van der Waals surface area contributed by atoms with Crippen molar-refractivity contribution in [3.05, 3.63) is 92.7 Å². The summed E-state index contributed by atoms with van der Waals surface area (Å²) in [6, 6.07) is 14.4. The van der Waals surface area contributed by atoms with Crippen LogP contribution in [0.15, 0.2) is 54.6 Å². The van der Waals surface area contributed by atoms with Crippen molar-refractivity contribution in [3.8, 4) is 5.75 Å². The lowest BCUT2D eigenvalue weighted by molar-refractivity contribution is -0.274. The van der Waals surface area contributed by atoms with E-state index in [0.717, 1.165) is 24.5 Å². The summed E-state index contributed by atoms with van der Waals surface area (Å²) in [6.07, 6.45) is -2.35. The molecule has 0 aromatic heterocycles. The Labute approximate surface area is 215 Å². The number of nitrogens with two attached hydrogens (primary N) is 1. The molecular weight excluding hydrogens is 519 g/mol. The minimum absolute atomic E-state index is 0.0572. The standard InChI is InChI=1S/C26H22Cl2F4N2O2/c27-20-13-21(28)24(33)22(23(20)29)25(35)34(14-16-4-6-17(7-5-16)18-8-9-18)11-10-15-2-1-3-19(12-15)36-26(30,31)32/h1-7,12-13,18H,8-11,14,33H2. The third kappa shape index (κ3) is 6.42. The third-order valence-electron chi connectivity index (χ3n) is 5.91. The lowest BCUT2D eigenvalue weighted by Gasteiger charge is -2.25. The molecule has 36 heavy (non-hydrogen) atoms. The second-order valence-electron chi connectivity index (χ2n) is 8.63. The van der Waals surface area contributed by atoms with Crippen molar-refractivity contribution in [1.29, 1.82) is 0 Å². The van der Waals surface area contributed by atoms with Gasteiger partial charge in [0.15, 0.2) is 5.82 Å². The van der Waals surface area contributed by atoms with Gasteiger partial charge in [-0.15, -0.1) is 13.2 Å². The molecular formula is C26H22Cl2F4N2O2. The van der Waals surface area contributed by atoms with Crippen LogP contribution in [0.2, 0.25) is 10.0 Å². The molecule has 1 amide bonds. The highest BCUT2D eigenvalue weighted by Gasteiger charge is 2.31. The topological polar surface area (TPSA) is 55.6 Å². The molecule has 3 aromatic rings. The zero-order valence-electron chi connectivity index (χ0n) is 18.9. The first-order chi connectivity index (χ1) is 17.0. The summed E-state index contributed by atoms with van der Waals surface area (Å²) >= 11 is 11.9. The number of carbonyl (C=O) groups is 1. The van der Waals surface area contributed by atoms with E-state index < -0.39 is 23.7 Å². The molecule has 4 rings (SSSR count). The fourth-order valence-electron chi connectivity index (χ4n) is 3.92. The number of nitrogen functional groups attached to an aromatic ring is 1. The molecule has 0 aliphatic heterocycles. The van der Waals surface area contributed by atoms with Crippen LogP contribution < -0.4 is 10.5 Å². The van der Waals surface area contributed by atoms with Crippen LogP contribution in [-0.2, 0) is 13.0 Å². The molecule has 0 radical (unpaired) electrons. The molecule has 2 N–H and O–H groups in total. The molecule has 0 saturated heterocycles. The first-order valence-electron chi connectivity index (χ1n) is 11.2. The van der Waals surface area contributed by atoms with Gasteiger partial charge in [-0.1, -0.05) is 59.6 Å². The Bertz CT molecular complexity index is 1240. The number of anilines is 1. The minimum atomic E-state index is -4.83. The van der Waals surface area contributed by atoms with Gasteiger partial charge in [-0.3, -0.25) is 4.79 Å². The monoisotopic (exact) mass is 540 g/mol. The molecule has 0 heterocycles. The van der Waals surface area contributed by atoms with E-state index >= 15 is 0 Å². The second-order valence-corrected chi connectivity index (χ2v) is 9.45. The number of amides is 1. The highest BCUT2D eigenvalue weighted by molar-refractivity contribution is 6.37. The molecule has 0 unspecified atom stereocenters. The molecule has 1 aliphatic carbocycles. The van der Waals surface area contributed by atoms with Gasteiger partial charge in [0.05, 0.1) is 15.7 Å². The van der Waals surface area contributed by atoms with Crippen LogP contribution in [0.25, 0.3) is 0 Å². The molecule has 1 saturated carbocycles. The van der Waals surface area contributed by atoms with Crippen molar-refractivity contribution in [2.24, 2.45) is 0 Å². The summed E-state index contributed by atoms with van der Waals surface area (Å²) in [5, 5.41) is -0.404. The molecule has 0 spiro atoms. The van der Waals surface area contributed by atoms with Crippen LogP contribution in [0.4, 0.5) is 23.2 Å². The maximum atomic E-state index is 14.9. The number of hydrogen-bond acceptors (Lipinski definition) is 3. The van der Waals surface area contributed by atoms with Gasteiger partial charge in [-0.05, 0) is 60.1 Å². The normalized spacial score (nSPS) is 13.5. The van der Waals surface area contributed by atoms with Crippen molar-refractivity contribution in [3.63, 3.8) is 0 Å². The molecule has 1 aliphatic rings. The van der Waals surface area contributed by atoms with E-state index in [9.17, 15) is 22.4 Å². The smallest absolute Gasteiger partial charge is 0.406 e. The fourth-order valence-corrected chi connectivity index (χ4v) is 4.39. The first kappa shape index (κ1) is 26.1. The molecule has 190 valence electrons. The summed E-state index contributed by atoms with van der Waals surface area (Å²) in [6.45, 7) is 0.174. The van der Waals surface area contributed by atoms with E-state index in [1.165, 1.54) is 28.7 Å². The van der Waals surface area contributed by atoms with Gasteiger partial charge < -0.3 is 15.4 Å². The number of hydrogen-bond donors (Lipinski definition) is 1. The van der Waals surface area contributed by atoms with E-state index in [-0.39, 0.29) is 41.0 Å². The van der Waals surface area contributed by atoms with Crippen molar-refractivity contribution >= 4 is 34.8 Å². The molecule has 4 nitrogen and oxygen atoms in total. The van der Waals surface area contributed by atoms with Gasteiger partial charge in [0.2, 0.25) is 0 Å². The average Bonchev–Trinajstić information content (AvgIpc) is 3.66. The van der Waals surface area contributed by atoms with Crippen LogP contribution in [0.5, 0.6) is 5.75 Å². The zero-order chi connectivity index (χ0) is 26.0. The van der Waals surface area contributed by atoms with Crippen molar-refractivity contribution in [1.82, 2.24) is 4.90 Å². The van der Waals surface area contributed by atoms with Gasteiger partial charge in [0.25, 0.3) is 5.91 Å². The van der Waals surface area contributed by atoms with E-state index in [0.29, 0.717) is 11.5 Å². The third-order valence-corrected chi connectivity index (χ3v) is 6.50. The summed E-state index contributed by atoms with van der Waals surface area (Å²) in [4.78, 5) is 14.8. The van der Waals surface area contributed by atoms with Crippen LogP contribution in [0.1, 0.15) is 45.8 Å². The number of rotatable bonds is 8. The maximum absolute atomic E-state index is 14.9. The summed E-state index contributed by atoms with van der Waals surface area (Å²) < 4.78 is 56.7. The Kier molecular flexibility index (Phi) is 7.66. The van der Waals surface area contributed by atoms with Gasteiger partial charge in [0.1, 0.15) is 11.3 Å². The lowest BCUT2D eigenvalue weighted by Crippen LogP contribution is -2.34. The van der Waals surface area contributed by atoms with Gasteiger partial charge >= 0.3 is 6.36 Å². The number of nitrogens with zero attached hydrogens (tertiary/aromatic N) is 1. The van der Waals surface area contributed by atoms with Gasteiger partial charge in [-0.25, -0.2) is 4.39 Å². The maximum Gasteiger partial charge on any atom is 0.573 e. The molecule has 10 heteroatoms. The van der Waals surface area contributed by atoms with E-state index in [1.807, 2.05) is 24.3 Å². The predicted octanol–water partition coefficient (Wildman–Crippen LogP) is 7.38. The largest absolute Gasteiger partial charge is 0.573 e. The second kappa shape index (κ2) is 10.6. The van der Waals surface area contributed by atoms with Gasteiger partial charge in [-0.2, -0.15) is 0 Å². The van der Waals surface area contributed by atoms with Crippen LogP contribution in [0.3, 0.4) is 0 Å². The Hall–Kier alpha value is -2.97. The average molecular weight is 541 g/mol. The molecule has 0 bridgehead atoms. The van der Waals surface area contributed by atoms with Crippen molar-refractivity contribution < 1.29 is 27.1 Å².